The molecule has 1 amide bonds. The minimum absolute atomic E-state index is 0.0770. The molecule has 0 aliphatic rings. The molecule has 1 N–H and O–H groups in total. The van der Waals surface area contributed by atoms with Gasteiger partial charge in [0.2, 0.25) is 5.91 Å². The molecule has 1 heterocycles. The number of nitrogens with one attached hydrogen (secondary N) is 1. The third-order valence-electron chi connectivity index (χ3n) is 4.12. The van der Waals surface area contributed by atoms with Gasteiger partial charge in [-0.3, -0.25) is 9.36 Å². The Morgan fingerprint density at radius 1 is 1.25 bits per heavy atom. The second-order valence-electron chi connectivity index (χ2n) is 6.20. The first kappa shape index (κ1) is 20.2. The van der Waals surface area contributed by atoms with E-state index in [4.69, 9.17) is 11.6 Å². The van der Waals surface area contributed by atoms with E-state index in [1.54, 1.807) is 6.08 Å². The standard InChI is InChI=1S/C21H21ClN4OS/c1-3-12-26-20(16-8-5-4-6-9-16)24-25-21(26)28-14-19(27)23-15(2)17-10-7-11-18(22)13-17/h3-11,13,15H,1,12,14H2,2H3,(H,23,27)/t15-/m0/s1. The maximum atomic E-state index is 12.4. The summed E-state index contributed by atoms with van der Waals surface area (Å²) in [5, 5.41) is 12.9. The predicted molar refractivity (Wildman–Crippen MR) is 114 cm³/mol. The van der Waals surface area contributed by atoms with Gasteiger partial charge in [0.05, 0.1) is 11.8 Å². The molecule has 0 aliphatic heterocycles. The van der Waals surface area contributed by atoms with Crippen LogP contribution in [-0.4, -0.2) is 26.4 Å². The fourth-order valence-corrected chi connectivity index (χ4v) is 3.72. The van der Waals surface area contributed by atoms with Crippen LogP contribution in [0.25, 0.3) is 11.4 Å². The van der Waals surface area contributed by atoms with Gasteiger partial charge in [0.15, 0.2) is 11.0 Å². The van der Waals surface area contributed by atoms with Crippen molar-refractivity contribution in [1.82, 2.24) is 20.1 Å². The third-order valence-corrected chi connectivity index (χ3v) is 5.32. The second-order valence-corrected chi connectivity index (χ2v) is 7.58. The molecule has 0 aliphatic carbocycles. The Labute approximate surface area is 173 Å². The molecular weight excluding hydrogens is 392 g/mol. The summed E-state index contributed by atoms with van der Waals surface area (Å²) in [6.45, 7) is 6.31. The summed E-state index contributed by atoms with van der Waals surface area (Å²) in [6, 6.07) is 17.2. The molecule has 1 atom stereocenters. The zero-order chi connectivity index (χ0) is 19.9. The van der Waals surface area contributed by atoms with Gasteiger partial charge in [0, 0.05) is 17.1 Å². The van der Waals surface area contributed by atoms with Gasteiger partial charge >= 0.3 is 0 Å². The molecule has 5 nitrogen and oxygen atoms in total. The van der Waals surface area contributed by atoms with Crippen LogP contribution in [0.3, 0.4) is 0 Å². The fraction of sp³-hybridized carbons (Fsp3) is 0.190. The van der Waals surface area contributed by atoms with Crippen molar-refractivity contribution in [2.75, 3.05) is 5.75 Å². The normalized spacial score (nSPS) is 11.8. The van der Waals surface area contributed by atoms with Crippen molar-refractivity contribution in [3.05, 3.63) is 77.8 Å². The molecule has 7 heteroatoms. The van der Waals surface area contributed by atoms with Crippen LogP contribution >= 0.6 is 23.4 Å². The average Bonchev–Trinajstić information content (AvgIpc) is 3.10. The van der Waals surface area contributed by atoms with Gasteiger partial charge in [-0.1, -0.05) is 71.9 Å². The molecule has 0 spiro atoms. The van der Waals surface area contributed by atoms with Crippen molar-refractivity contribution < 1.29 is 4.79 Å². The predicted octanol–water partition coefficient (Wildman–Crippen LogP) is 4.75. The van der Waals surface area contributed by atoms with Gasteiger partial charge in [0.25, 0.3) is 0 Å². The molecule has 28 heavy (non-hydrogen) atoms. The molecule has 2 aromatic carbocycles. The van der Waals surface area contributed by atoms with Gasteiger partial charge in [-0.25, -0.2) is 0 Å². The summed E-state index contributed by atoms with van der Waals surface area (Å²) in [4.78, 5) is 12.4. The summed E-state index contributed by atoms with van der Waals surface area (Å²) in [6.07, 6.45) is 1.79. The van der Waals surface area contributed by atoms with Crippen LogP contribution in [0.2, 0.25) is 5.02 Å². The number of carbonyl (C=O) groups excluding carboxylic acids is 1. The zero-order valence-corrected chi connectivity index (χ0v) is 17.1. The molecule has 1 aromatic heterocycles. The van der Waals surface area contributed by atoms with Gasteiger partial charge in [-0.05, 0) is 24.6 Å². The van der Waals surface area contributed by atoms with Gasteiger partial charge in [-0.2, -0.15) is 0 Å². The van der Waals surface area contributed by atoms with Crippen LogP contribution in [-0.2, 0) is 11.3 Å². The topological polar surface area (TPSA) is 59.8 Å². The number of hydrogen-bond donors (Lipinski definition) is 1. The quantitative estimate of drug-likeness (QED) is 0.428. The number of amides is 1. The number of aromatic nitrogens is 3. The van der Waals surface area contributed by atoms with E-state index < -0.39 is 0 Å². The van der Waals surface area contributed by atoms with E-state index in [-0.39, 0.29) is 17.7 Å². The number of halogens is 1. The minimum Gasteiger partial charge on any atom is -0.349 e. The first-order chi connectivity index (χ1) is 13.6. The largest absolute Gasteiger partial charge is 0.349 e. The minimum atomic E-state index is -0.127. The summed E-state index contributed by atoms with van der Waals surface area (Å²) in [5.74, 6) is 0.928. The van der Waals surface area contributed by atoms with Crippen LogP contribution < -0.4 is 5.32 Å². The maximum Gasteiger partial charge on any atom is 0.230 e. The Balaban J connectivity index is 1.66. The van der Waals surface area contributed by atoms with Crippen LogP contribution in [0.4, 0.5) is 0 Å². The van der Waals surface area contributed by atoms with E-state index in [0.717, 1.165) is 17.0 Å². The fourth-order valence-electron chi connectivity index (χ4n) is 2.76. The smallest absolute Gasteiger partial charge is 0.230 e. The maximum absolute atomic E-state index is 12.4. The lowest BCUT2D eigenvalue weighted by molar-refractivity contribution is -0.119. The van der Waals surface area contributed by atoms with E-state index in [9.17, 15) is 4.79 Å². The van der Waals surface area contributed by atoms with Crippen LogP contribution in [0, 0.1) is 0 Å². The number of rotatable bonds is 8. The SMILES string of the molecule is C=CCn1c(SCC(=O)N[C@@H](C)c2cccc(Cl)c2)nnc1-c1ccccc1. The van der Waals surface area contributed by atoms with Gasteiger partial charge in [0.1, 0.15) is 0 Å². The molecular formula is C21H21ClN4OS. The summed E-state index contributed by atoms with van der Waals surface area (Å²) < 4.78 is 1.96. The van der Waals surface area contributed by atoms with Crippen LogP contribution in [0.5, 0.6) is 0 Å². The molecule has 3 aromatic rings. The highest BCUT2D eigenvalue weighted by atomic mass is 35.5. The van der Waals surface area contributed by atoms with Crippen molar-refractivity contribution in [3.8, 4) is 11.4 Å². The number of carbonyl (C=O) groups is 1. The van der Waals surface area contributed by atoms with Crippen molar-refractivity contribution >= 4 is 29.3 Å². The Morgan fingerprint density at radius 2 is 2.04 bits per heavy atom. The van der Waals surface area contributed by atoms with Crippen LogP contribution in [0.1, 0.15) is 18.5 Å². The van der Waals surface area contributed by atoms with E-state index in [0.29, 0.717) is 16.7 Å². The molecule has 144 valence electrons. The number of nitrogens with zero attached hydrogens (tertiary/aromatic N) is 3. The van der Waals surface area contributed by atoms with E-state index in [2.05, 4.69) is 22.1 Å². The second kappa shape index (κ2) is 9.57. The lowest BCUT2D eigenvalue weighted by Crippen LogP contribution is -2.28. The first-order valence-electron chi connectivity index (χ1n) is 8.85. The number of benzene rings is 2. The van der Waals surface area contributed by atoms with E-state index >= 15 is 0 Å². The highest BCUT2D eigenvalue weighted by molar-refractivity contribution is 7.99. The molecule has 0 saturated heterocycles. The highest BCUT2D eigenvalue weighted by Crippen LogP contribution is 2.24. The molecule has 0 bridgehead atoms. The Hall–Kier alpha value is -2.57. The zero-order valence-electron chi connectivity index (χ0n) is 15.5. The Morgan fingerprint density at radius 3 is 2.75 bits per heavy atom. The highest BCUT2D eigenvalue weighted by Gasteiger charge is 2.16. The van der Waals surface area contributed by atoms with Crippen LogP contribution in [0.15, 0.2) is 72.4 Å². The lowest BCUT2D eigenvalue weighted by atomic mass is 10.1. The lowest BCUT2D eigenvalue weighted by Gasteiger charge is -2.14. The first-order valence-corrected chi connectivity index (χ1v) is 10.2. The molecule has 0 fully saturated rings. The molecule has 0 saturated carbocycles. The number of allylic oxidation sites excluding steroid dienone is 1. The average molecular weight is 413 g/mol. The number of thioether (sulfide) groups is 1. The molecule has 3 rings (SSSR count). The third kappa shape index (κ3) is 5.03. The summed E-state index contributed by atoms with van der Waals surface area (Å²) in [5.41, 5.74) is 1.94. The Kier molecular flexibility index (Phi) is 6.90. The van der Waals surface area contributed by atoms with Crippen molar-refractivity contribution in [2.24, 2.45) is 0 Å². The number of hydrogen-bond acceptors (Lipinski definition) is 4. The summed E-state index contributed by atoms with van der Waals surface area (Å²) >= 11 is 7.38. The molecule has 0 radical (unpaired) electrons. The van der Waals surface area contributed by atoms with E-state index in [1.165, 1.54) is 11.8 Å². The monoisotopic (exact) mass is 412 g/mol. The van der Waals surface area contributed by atoms with E-state index in [1.807, 2.05) is 66.1 Å². The summed E-state index contributed by atoms with van der Waals surface area (Å²) in [7, 11) is 0. The van der Waals surface area contributed by atoms with Crippen molar-refractivity contribution in [2.45, 2.75) is 24.7 Å². The van der Waals surface area contributed by atoms with Gasteiger partial charge < -0.3 is 5.32 Å². The van der Waals surface area contributed by atoms with Gasteiger partial charge in [-0.15, -0.1) is 16.8 Å². The van der Waals surface area contributed by atoms with Crippen molar-refractivity contribution in [3.63, 3.8) is 0 Å². The molecule has 0 unspecified atom stereocenters. The Bertz CT molecular complexity index is 958. The van der Waals surface area contributed by atoms with Crippen molar-refractivity contribution in [1.29, 1.82) is 0 Å².